The van der Waals surface area contributed by atoms with Crippen molar-refractivity contribution in [1.29, 1.82) is 0 Å². The van der Waals surface area contributed by atoms with Gasteiger partial charge in [-0.3, -0.25) is 0 Å². The van der Waals surface area contributed by atoms with Crippen LogP contribution in [0.1, 0.15) is 5.56 Å². The summed E-state index contributed by atoms with van der Waals surface area (Å²) in [4.78, 5) is 7.49. The lowest BCUT2D eigenvalue weighted by Crippen LogP contribution is -2.07. The van der Waals surface area contributed by atoms with Gasteiger partial charge in [-0.05, 0) is 18.2 Å². The molecule has 0 radical (unpaired) electrons. The molecule has 2 aromatic rings. The highest BCUT2D eigenvalue weighted by molar-refractivity contribution is 9.10. The number of rotatable bonds is 2. The number of anilines is 4. The lowest BCUT2D eigenvalue weighted by molar-refractivity contribution is -0.138. The van der Waals surface area contributed by atoms with Crippen molar-refractivity contribution in [3.8, 4) is 0 Å². The van der Waals surface area contributed by atoms with Crippen LogP contribution in [0.2, 0.25) is 0 Å². The normalized spacial score (nSPS) is 11.4. The van der Waals surface area contributed by atoms with Gasteiger partial charge in [0.25, 0.3) is 0 Å². The van der Waals surface area contributed by atoms with Gasteiger partial charge in [0.05, 0.1) is 5.56 Å². The van der Waals surface area contributed by atoms with Gasteiger partial charge in [-0.25, -0.2) is 0 Å². The molecule has 0 aliphatic heterocycles. The van der Waals surface area contributed by atoms with E-state index in [-0.39, 0.29) is 27.7 Å². The van der Waals surface area contributed by atoms with Gasteiger partial charge >= 0.3 is 6.18 Å². The number of nitrogens with two attached hydrogens (primary N) is 2. The number of hydrogen-bond acceptors (Lipinski definition) is 5. The van der Waals surface area contributed by atoms with Gasteiger partial charge in [-0.15, -0.1) is 0 Å². The van der Waals surface area contributed by atoms with Crippen molar-refractivity contribution >= 4 is 39.2 Å². The van der Waals surface area contributed by atoms with Crippen LogP contribution in [0.5, 0.6) is 0 Å². The Hall–Kier alpha value is -2.03. The fourth-order valence-corrected chi connectivity index (χ4v) is 1.99. The Labute approximate surface area is 120 Å². The third-order valence-electron chi connectivity index (χ3n) is 2.31. The van der Waals surface area contributed by atoms with E-state index in [9.17, 15) is 13.2 Å². The molecule has 9 heteroatoms. The van der Waals surface area contributed by atoms with E-state index < -0.39 is 11.7 Å². The van der Waals surface area contributed by atoms with E-state index in [0.29, 0.717) is 0 Å². The zero-order valence-corrected chi connectivity index (χ0v) is 11.5. The average Bonchev–Trinajstić information content (AvgIpc) is 2.29. The standard InChI is InChI=1S/C11H9BrF3N5/c12-7-2-1-5(3-6(7)11(13,14)15)18-9-4-8(16)19-10(17)20-9/h1-4H,(H5,16,17,18,19,20). The Kier molecular flexibility index (Phi) is 3.71. The first-order chi connectivity index (χ1) is 9.25. The zero-order chi connectivity index (χ0) is 14.9. The van der Waals surface area contributed by atoms with Crippen LogP contribution in [-0.2, 0) is 6.18 Å². The first-order valence-corrected chi connectivity index (χ1v) is 6.09. The number of nitrogens with one attached hydrogen (secondary N) is 1. The lowest BCUT2D eigenvalue weighted by atomic mass is 10.2. The predicted molar refractivity (Wildman–Crippen MR) is 73.3 cm³/mol. The van der Waals surface area contributed by atoms with Crippen LogP contribution < -0.4 is 16.8 Å². The van der Waals surface area contributed by atoms with E-state index in [0.717, 1.165) is 6.07 Å². The molecule has 1 aromatic carbocycles. The Morgan fingerprint density at radius 2 is 1.80 bits per heavy atom. The molecular weight excluding hydrogens is 339 g/mol. The third kappa shape index (κ3) is 3.29. The number of halogens is 4. The summed E-state index contributed by atoms with van der Waals surface area (Å²) in [6.45, 7) is 0. The maximum absolute atomic E-state index is 12.8. The largest absolute Gasteiger partial charge is 0.417 e. The fraction of sp³-hybridized carbons (Fsp3) is 0.0909. The number of nitrogen functional groups attached to an aromatic ring is 2. The second kappa shape index (κ2) is 5.16. The molecule has 0 saturated carbocycles. The molecule has 2 rings (SSSR count). The summed E-state index contributed by atoms with van der Waals surface area (Å²) in [5.74, 6) is 0.263. The molecule has 0 aliphatic rings. The molecule has 0 atom stereocenters. The summed E-state index contributed by atoms with van der Waals surface area (Å²) in [7, 11) is 0. The maximum atomic E-state index is 12.8. The van der Waals surface area contributed by atoms with Gasteiger partial charge in [0.15, 0.2) is 0 Å². The van der Waals surface area contributed by atoms with Crippen molar-refractivity contribution in [3.05, 3.63) is 34.3 Å². The van der Waals surface area contributed by atoms with E-state index in [1.54, 1.807) is 0 Å². The summed E-state index contributed by atoms with van der Waals surface area (Å²) in [6, 6.07) is 5.08. The van der Waals surface area contributed by atoms with Crippen LogP contribution in [-0.4, -0.2) is 9.97 Å². The van der Waals surface area contributed by atoms with Crippen molar-refractivity contribution in [3.63, 3.8) is 0 Å². The molecule has 0 amide bonds. The molecule has 0 unspecified atom stereocenters. The van der Waals surface area contributed by atoms with Crippen molar-refractivity contribution in [2.45, 2.75) is 6.18 Å². The SMILES string of the molecule is Nc1cc(Nc2ccc(Br)c(C(F)(F)F)c2)nc(N)n1. The predicted octanol–water partition coefficient (Wildman–Crippen LogP) is 3.17. The minimum Gasteiger partial charge on any atom is -0.383 e. The minimum atomic E-state index is -4.46. The molecule has 106 valence electrons. The molecule has 1 heterocycles. The molecule has 0 aliphatic carbocycles. The summed E-state index contributed by atoms with van der Waals surface area (Å²) in [5, 5.41) is 2.69. The number of aromatic nitrogens is 2. The van der Waals surface area contributed by atoms with Gasteiger partial charge < -0.3 is 16.8 Å². The second-order valence-corrected chi connectivity index (χ2v) is 4.71. The highest BCUT2D eigenvalue weighted by Gasteiger charge is 2.33. The van der Waals surface area contributed by atoms with Crippen molar-refractivity contribution < 1.29 is 13.2 Å². The van der Waals surface area contributed by atoms with Crippen LogP contribution in [0.15, 0.2) is 28.7 Å². The number of nitrogens with zero attached hydrogens (tertiary/aromatic N) is 2. The molecule has 5 nitrogen and oxygen atoms in total. The van der Waals surface area contributed by atoms with Crippen LogP contribution in [0.3, 0.4) is 0 Å². The maximum Gasteiger partial charge on any atom is 0.417 e. The first kappa shape index (κ1) is 14.4. The number of benzene rings is 1. The van der Waals surface area contributed by atoms with E-state index in [1.165, 1.54) is 18.2 Å². The minimum absolute atomic E-state index is 0.0442. The Balaban J connectivity index is 2.35. The van der Waals surface area contributed by atoms with Crippen molar-refractivity contribution in [2.75, 3.05) is 16.8 Å². The summed E-state index contributed by atoms with van der Waals surface area (Å²) >= 11 is 2.86. The molecule has 0 fully saturated rings. The van der Waals surface area contributed by atoms with Gasteiger partial charge in [0, 0.05) is 16.2 Å². The van der Waals surface area contributed by atoms with Crippen LogP contribution in [0.4, 0.5) is 36.4 Å². The highest BCUT2D eigenvalue weighted by Crippen LogP contribution is 2.36. The molecule has 20 heavy (non-hydrogen) atoms. The van der Waals surface area contributed by atoms with Crippen LogP contribution in [0, 0.1) is 0 Å². The van der Waals surface area contributed by atoms with Gasteiger partial charge in [0.2, 0.25) is 5.95 Å². The second-order valence-electron chi connectivity index (χ2n) is 3.85. The van der Waals surface area contributed by atoms with Gasteiger partial charge in [-0.2, -0.15) is 23.1 Å². The van der Waals surface area contributed by atoms with E-state index in [1.807, 2.05) is 0 Å². The van der Waals surface area contributed by atoms with Gasteiger partial charge in [-0.1, -0.05) is 15.9 Å². The van der Waals surface area contributed by atoms with E-state index in [2.05, 4.69) is 31.2 Å². The topological polar surface area (TPSA) is 89.8 Å². The summed E-state index contributed by atoms with van der Waals surface area (Å²) in [5.41, 5.74) is 10.3. The van der Waals surface area contributed by atoms with Crippen molar-refractivity contribution in [1.82, 2.24) is 9.97 Å². The molecule has 0 saturated heterocycles. The third-order valence-corrected chi connectivity index (χ3v) is 3.00. The molecular formula is C11H9BrF3N5. The molecule has 5 N–H and O–H groups in total. The fourth-order valence-electron chi connectivity index (χ4n) is 1.52. The monoisotopic (exact) mass is 347 g/mol. The van der Waals surface area contributed by atoms with Gasteiger partial charge in [0.1, 0.15) is 11.6 Å². The van der Waals surface area contributed by atoms with Crippen molar-refractivity contribution in [2.24, 2.45) is 0 Å². The highest BCUT2D eigenvalue weighted by atomic mass is 79.9. The lowest BCUT2D eigenvalue weighted by Gasteiger charge is -2.12. The smallest absolute Gasteiger partial charge is 0.383 e. The number of hydrogen-bond donors (Lipinski definition) is 3. The molecule has 0 spiro atoms. The Morgan fingerprint density at radius 3 is 2.40 bits per heavy atom. The average molecular weight is 348 g/mol. The zero-order valence-electron chi connectivity index (χ0n) is 9.87. The van der Waals surface area contributed by atoms with E-state index >= 15 is 0 Å². The van der Waals surface area contributed by atoms with Crippen LogP contribution >= 0.6 is 15.9 Å². The van der Waals surface area contributed by atoms with E-state index in [4.69, 9.17) is 11.5 Å². The summed E-state index contributed by atoms with van der Waals surface area (Å²) in [6.07, 6.45) is -4.46. The van der Waals surface area contributed by atoms with Crippen LogP contribution in [0.25, 0.3) is 0 Å². The first-order valence-electron chi connectivity index (χ1n) is 5.29. The quantitative estimate of drug-likeness (QED) is 0.776. The molecule has 0 bridgehead atoms. The Bertz CT molecular complexity index is 624. The summed E-state index contributed by atoms with van der Waals surface area (Å²) < 4.78 is 38.3. The number of alkyl halides is 3. The molecule has 1 aromatic heterocycles. The Morgan fingerprint density at radius 1 is 1.10 bits per heavy atom.